The van der Waals surface area contributed by atoms with Gasteiger partial charge >= 0.3 is 0 Å². The van der Waals surface area contributed by atoms with Crippen LogP contribution in [-0.2, 0) is 11.3 Å². The summed E-state index contributed by atoms with van der Waals surface area (Å²) >= 11 is 6.22. The first-order valence-corrected chi connectivity index (χ1v) is 8.33. The summed E-state index contributed by atoms with van der Waals surface area (Å²) in [7, 11) is 0. The van der Waals surface area contributed by atoms with Gasteiger partial charge in [-0.2, -0.15) is 0 Å². The highest BCUT2D eigenvalue weighted by atomic mass is 35.5. The van der Waals surface area contributed by atoms with Gasteiger partial charge in [-0.05, 0) is 25.0 Å². The van der Waals surface area contributed by atoms with Crippen molar-refractivity contribution < 1.29 is 4.79 Å². The zero-order valence-corrected chi connectivity index (χ0v) is 14.1. The SMILES string of the molecule is NCc1cc(N2CCC(C(=O)N(Cl)c3ccccc3)CC2)ncn1. The molecule has 1 amide bonds. The lowest BCUT2D eigenvalue weighted by Crippen LogP contribution is -2.40. The minimum absolute atomic E-state index is 0.0483. The Kier molecular flexibility index (Phi) is 5.27. The molecule has 1 saturated heterocycles. The van der Waals surface area contributed by atoms with Crippen LogP contribution in [-0.4, -0.2) is 29.0 Å². The number of para-hydroxylation sites is 1. The molecular formula is C17H20ClN5O. The van der Waals surface area contributed by atoms with Crippen LogP contribution in [0.3, 0.4) is 0 Å². The number of carbonyl (C=O) groups excluding carboxylic acids is 1. The summed E-state index contributed by atoms with van der Waals surface area (Å²) in [4.78, 5) is 23.1. The smallest absolute Gasteiger partial charge is 0.244 e. The molecule has 0 spiro atoms. The number of halogens is 1. The predicted molar refractivity (Wildman–Crippen MR) is 94.6 cm³/mol. The lowest BCUT2D eigenvalue weighted by molar-refractivity contribution is -0.121. The molecular weight excluding hydrogens is 326 g/mol. The number of aromatic nitrogens is 2. The molecule has 0 radical (unpaired) electrons. The summed E-state index contributed by atoms with van der Waals surface area (Å²) in [5, 5.41) is 0. The summed E-state index contributed by atoms with van der Waals surface area (Å²) < 4.78 is 1.23. The lowest BCUT2D eigenvalue weighted by Gasteiger charge is -2.33. The Bertz CT molecular complexity index is 688. The van der Waals surface area contributed by atoms with Gasteiger partial charge in [-0.1, -0.05) is 18.2 Å². The number of hydrogen-bond donors (Lipinski definition) is 1. The highest BCUT2D eigenvalue weighted by Gasteiger charge is 2.29. The molecule has 1 aromatic heterocycles. The van der Waals surface area contributed by atoms with Crippen LogP contribution in [0.5, 0.6) is 0 Å². The molecule has 126 valence electrons. The normalized spacial score (nSPS) is 15.3. The monoisotopic (exact) mass is 345 g/mol. The fourth-order valence-corrected chi connectivity index (χ4v) is 3.12. The predicted octanol–water partition coefficient (Wildman–Crippen LogP) is 2.34. The maximum absolute atomic E-state index is 12.6. The fraction of sp³-hybridized carbons (Fsp3) is 0.353. The van der Waals surface area contributed by atoms with E-state index in [0.29, 0.717) is 12.2 Å². The van der Waals surface area contributed by atoms with Crippen molar-refractivity contribution in [3.05, 3.63) is 48.4 Å². The topological polar surface area (TPSA) is 75.3 Å². The first kappa shape index (κ1) is 16.7. The number of amides is 1. The van der Waals surface area contributed by atoms with Gasteiger partial charge in [-0.3, -0.25) is 4.79 Å². The molecule has 0 bridgehead atoms. The van der Waals surface area contributed by atoms with Gasteiger partial charge in [0.2, 0.25) is 5.91 Å². The average Bonchev–Trinajstić information content (AvgIpc) is 2.67. The Morgan fingerprint density at radius 1 is 1.25 bits per heavy atom. The van der Waals surface area contributed by atoms with Crippen molar-refractivity contribution in [1.29, 1.82) is 0 Å². The number of nitrogens with zero attached hydrogens (tertiary/aromatic N) is 4. The third-order valence-corrected chi connectivity index (χ3v) is 4.62. The van der Waals surface area contributed by atoms with Crippen LogP contribution >= 0.6 is 11.8 Å². The Balaban J connectivity index is 1.61. The van der Waals surface area contributed by atoms with Crippen molar-refractivity contribution >= 4 is 29.2 Å². The van der Waals surface area contributed by atoms with E-state index in [1.165, 1.54) is 10.7 Å². The Morgan fingerprint density at radius 3 is 2.62 bits per heavy atom. The second kappa shape index (κ2) is 7.59. The number of hydrogen-bond acceptors (Lipinski definition) is 5. The molecule has 0 aliphatic carbocycles. The molecule has 7 heteroatoms. The Morgan fingerprint density at radius 2 is 1.96 bits per heavy atom. The number of rotatable bonds is 4. The van der Waals surface area contributed by atoms with Crippen molar-refractivity contribution in [3.8, 4) is 0 Å². The molecule has 1 fully saturated rings. The van der Waals surface area contributed by atoms with Gasteiger partial charge in [0, 0.05) is 43.4 Å². The molecule has 3 rings (SSSR count). The van der Waals surface area contributed by atoms with E-state index >= 15 is 0 Å². The van der Waals surface area contributed by atoms with E-state index < -0.39 is 0 Å². The molecule has 1 aliphatic rings. The van der Waals surface area contributed by atoms with E-state index in [-0.39, 0.29) is 11.8 Å². The molecule has 0 saturated carbocycles. The van der Waals surface area contributed by atoms with Crippen LogP contribution in [0.4, 0.5) is 11.5 Å². The van der Waals surface area contributed by atoms with E-state index in [0.717, 1.165) is 37.4 Å². The Hall–Kier alpha value is -2.18. The van der Waals surface area contributed by atoms with Crippen LogP contribution in [0.1, 0.15) is 18.5 Å². The van der Waals surface area contributed by atoms with E-state index in [2.05, 4.69) is 14.9 Å². The van der Waals surface area contributed by atoms with Crippen LogP contribution in [0.15, 0.2) is 42.7 Å². The zero-order valence-electron chi connectivity index (χ0n) is 13.3. The van der Waals surface area contributed by atoms with Crippen molar-refractivity contribution in [2.75, 3.05) is 22.4 Å². The number of carbonyl (C=O) groups is 1. The second-order valence-corrected chi connectivity index (χ2v) is 6.13. The van der Waals surface area contributed by atoms with Gasteiger partial charge in [0.25, 0.3) is 0 Å². The second-order valence-electron chi connectivity index (χ2n) is 5.79. The summed E-state index contributed by atoms with van der Waals surface area (Å²) in [6.07, 6.45) is 3.03. The third-order valence-electron chi connectivity index (χ3n) is 4.26. The third kappa shape index (κ3) is 3.66. The van der Waals surface area contributed by atoms with Gasteiger partial charge in [-0.15, -0.1) is 0 Å². The molecule has 24 heavy (non-hydrogen) atoms. The minimum atomic E-state index is -0.0743. The fourth-order valence-electron chi connectivity index (χ4n) is 2.87. The maximum atomic E-state index is 12.6. The maximum Gasteiger partial charge on any atom is 0.244 e. The summed E-state index contributed by atoms with van der Waals surface area (Å²) in [5.74, 6) is 0.741. The first-order valence-electron chi connectivity index (χ1n) is 8.00. The first-order chi connectivity index (χ1) is 11.7. The van der Waals surface area contributed by atoms with E-state index in [1.807, 2.05) is 36.4 Å². The van der Waals surface area contributed by atoms with Crippen molar-refractivity contribution in [2.24, 2.45) is 11.7 Å². The number of nitrogens with two attached hydrogens (primary N) is 1. The van der Waals surface area contributed by atoms with Crippen LogP contribution in [0, 0.1) is 5.92 Å². The van der Waals surface area contributed by atoms with E-state index in [9.17, 15) is 4.79 Å². The highest BCUT2D eigenvalue weighted by molar-refractivity contribution is 6.36. The molecule has 0 unspecified atom stereocenters. The van der Waals surface area contributed by atoms with Gasteiger partial charge in [0.1, 0.15) is 12.1 Å². The van der Waals surface area contributed by atoms with Crippen LogP contribution in [0.25, 0.3) is 0 Å². The lowest BCUT2D eigenvalue weighted by atomic mass is 9.95. The van der Waals surface area contributed by atoms with Gasteiger partial charge in [0.05, 0.1) is 11.4 Å². The molecule has 2 N–H and O–H groups in total. The molecule has 1 aliphatic heterocycles. The molecule has 2 aromatic rings. The van der Waals surface area contributed by atoms with E-state index in [4.69, 9.17) is 17.5 Å². The number of piperidine rings is 1. The quantitative estimate of drug-likeness (QED) is 0.861. The molecule has 2 heterocycles. The van der Waals surface area contributed by atoms with Gasteiger partial charge in [-0.25, -0.2) is 14.4 Å². The molecule has 0 atom stereocenters. The number of benzene rings is 1. The standard InChI is InChI=1S/C17H20ClN5O/c18-23(15-4-2-1-3-5-15)17(24)13-6-8-22(9-7-13)16-10-14(11-19)20-12-21-16/h1-5,10,12-13H,6-9,11,19H2. The Labute approximate surface area is 146 Å². The average molecular weight is 346 g/mol. The van der Waals surface area contributed by atoms with Gasteiger partial charge in [0.15, 0.2) is 0 Å². The highest BCUT2D eigenvalue weighted by Crippen LogP contribution is 2.26. The van der Waals surface area contributed by atoms with Crippen LogP contribution < -0.4 is 15.1 Å². The van der Waals surface area contributed by atoms with Crippen molar-refractivity contribution in [1.82, 2.24) is 9.97 Å². The largest absolute Gasteiger partial charge is 0.356 e. The zero-order chi connectivity index (χ0) is 16.9. The summed E-state index contributed by atoms with van der Waals surface area (Å²) in [6.45, 7) is 1.91. The van der Waals surface area contributed by atoms with E-state index in [1.54, 1.807) is 0 Å². The summed E-state index contributed by atoms with van der Waals surface area (Å²) in [5.41, 5.74) is 7.14. The minimum Gasteiger partial charge on any atom is -0.356 e. The van der Waals surface area contributed by atoms with Crippen molar-refractivity contribution in [2.45, 2.75) is 19.4 Å². The molecule has 1 aromatic carbocycles. The molecule has 6 nitrogen and oxygen atoms in total. The van der Waals surface area contributed by atoms with Gasteiger partial charge < -0.3 is 10.6 Å². The van der Waals surface area contributed by atoms with Crippen LogP contribution in [0.2, 0.25) is 0 Å². The summed E-state index contributed by atoms with van der Waals surface area (Å²) in [6, 6.07) is 11.2. The number of anilines is 2. The van der Waals surface area contributed by atoms with Crippen molar-refractivity contribution in [3.63, 3.8) is 0 Å².